The number of sulfonamides is 1. The first-order valence-corrected chi connectivity index (χ1v) is 18.5. The second-order valence-electron chi connectivity index (χ2n) is 15.5. The highest BCUT2D eigenvalue weighted by Crippen LogP contribution is 2.67. The highest BCUT2D eigenvalue weighted by atomic mass is 32.2. The molecule has 9 atom stereocenters. The molecule has 2 N–H and O–H groups in total. The van der Waals surface area contributed by atoms with Crippen LogP contribution < -0.4 is 10.3 Å². The van der Waals surface area contributed by atoms with Gasteiger partial charge in [-0.2, -0.15) is 0 Å². The van der Waals surface area contributed by atoms with Gasteiger partial charge in [0.05, 0.1) is 4.90 Å². The Kier molecular flexibility index (Phi) is 9.57. The first-order valence-electron chi connectivity index (χ1n) is 17.0. The van der Waals surface area contributed by atoms with E-state index in [4.69, 9.17) is 4.74 Å². The van der Waals surface area contributed by atoms with E-state index in [0.29, 0.717) is 29.6 Å². The number of hydrazine groups is 1. The zero-order valence-electron chi connectivity index (χ0n) is 27.6. The van der Waals surface area contributed by atoms with Crippen molar-refractivity contribution in [2.24, 2.45) is 46.3 Å². The zero-order chi connectivity index (χ0) is 31.2. The maximum absolute atomic E-state index is 13.4. The van der Waals surface area contributed by atoms with Crippen LogP contribution in [0.1, 0.15) is 111 Å². The van der Waals surface area contributed by atoms with Gasteiger partial charge < -0.3 is 4.74 Å². The molecule has 5 rings (SSSR count). The number of rotatable bonds is 10. The number of nitrogens with one attached hydrogen (secondary N) is 2. The molecule has 7 heteroatoms. The molecular formula is C36H56N2O4S. The highest BCUT2D eigenvalue weighted by molar-refractivity contribution is 7.89. The summed E-state index contributed by atoms with van der Waals surface area (Å²) in [7, 11) is -3.72. The fraction of sp³-hybridized carbons (Fsp3) is 0.750. The molecule has 0 spiro atoms. The van der Waals surface area contributed by atoms with Crippen LogP contribution in [0, 0.1) is 53.3 Å². The van der Waals surface area contributed by atoms with Gasteiger partial charge in [-0.25, -0.2) is 13.8 Å². The van der Waals surface area contributed by atoms with Gasteiger partial charge in [0.2, 0.25) is 0 Å². The number of ether oxygens (including phenoxy) is 1. The lowest BCUT2D eigenvalue weighted by Crippen LogP contribution is -2.60. The van der Waals surface area contributed by atoms with Crippen LogP contribution in [0.4, 0.5) is 0 Å². The molecule has 3 saturated carbocycles. The number of benzene rings is 1. The molecule has 4 aliphatic carbocycles. The third-order valence-corrected chi connectivity index (χ3v) is 13.6. The van der Waals surface area contributed by atoms with Crippen LogP contribution >= 0.6 is 0 Å². The second-order valence-corrected chi connectivity index (χ2v) is 17.2. The number of hydrogen-bond donors (Lipinski definition) is 2. The fourth-order valence-electron chi connectivity index (χ4n) is 10.1. The molecule has 0 aliphatic heterocycles. The van der Waals surface area contributed by atoms with Gasteiger partial charge >= 0.3 is 5.97 Å². The van der Waals surface area contributed by atoms with Crippen LogP contribution in [0.5, 0.6) is 0 Å². The van der Waals surface area contributed by atoms with Gasteiger partial charge in [0.1, 0.15) is 6.10 Å². The maximum atomic E-state index is 13.4. The monoisotopic (exact) mass is 612 g/mol. The van der Waals surface area contributed by atoms with E-state index in [9.17, 15) is 13.2 Å². The number of esters is 1. The molecule has 0 aromatic heterocycles. The van der Waals surface area contributed by atoms with E-state index in [1.165, 1.54) is 57.4 Å². The van der Waals surface area contributed by atoms with Gasteiger partial charge in [-0.05, 0) is 104 Å². The van der Waals surface area contributed by atoms with E-state index in [2.05, 4.69) is 51.0 Å². The average molecular weight is 613 g/mol. The minimum atomic E-state index is -3.72. The Morgan fingerprint density at radius 3 is 2.40 bits per heavy atom. The summed E-state index contributed by atoms with van der Waals surface area (Å²) in [6.07, 6.45) is 13.7. The molecule has 4 aliphatic rings. The SMILES string of the molecule is CC(=O)O[C@H]1CC[C@@]2(C)C(=CC(NNS(=O)(=O)c3ccc(C)cc3)[C@H]3[C@@H]4CC[C@H]([C@H](C)CCCC(C)C)[C@@]4(C)CC[C@@H]32)C1. The quantitative estimate of drug-likeness (QED) is 0.160. The molecule has 0 amide bonds. The molecule has 6 nitrogen and oxygen atoms in total. The third-order valence-electron chi connectivity index (χ3n) is 12.3. The Morgan fingerprint density at radius 2 is 1.72 bits per heavy atom. The molecule has 1 aromatic carbocycles. The van der Waals surface area contributed by atoms with Gasteiger partial charge in [0.15, 0.2) is 0 Å². The molecule has 3 fully saturated rings. The van der Waals surface area contributed by atoms with Crippen LogP contribution in [0.2, 0.25) is 0 Å². The van der Waals surface area contributed by atoms with Crippen molar-refractivity contribution < 1.29 is 17.9 Å². The van der Waals surface area contributed by atoms with Crippen LogP contribution in [0.15, 0.2) is 40.8 Å². The molecule has 0 bridgehead atoms. The van der Waals surface area contributed by atoms with E-state index in [1.54, 1.807) is 12.1 Å². The zero-order valence-corrected chi connectivity index (χ0v) is 28.4. The average Bonchev–Trinajstić information content (AvgIpc) is 3.29. The summed E-state index contributed by atoms with van der Waals surface area (Å²) < 4.78 is 32.5. The van der Waals surface area contributed by atoms with Gasteiger partial charge in [-0.3, -0.25) is 4.79 Å². The Balaban J connectivity index is 1.44. The highest BCUT2D eigenvalue weighted by Gasteiger charge is 2.61. The molecule has 0 saturated heterocycles. The van der Waals surface area contributed by atoms with Crippen molar-refractivity contribution in [3.63, 3.8) is 0 Å². The van der Waals surface area contributed by atoms with Gasteiger partial charge in [0, 0.05) is 19.4 Å². The van der Waals surface area contributed by atoms with Crippen LogP contribution in [-0.2, 0) is 19.6 Å². The summed E-state index contributed by atoms with van der Waals surface area (Å²) in [4.78, 5) is 14.9. The van der Waals surface area contributed by atoms with Crippen molar-refractivity contribution in [1.29, 1.82) is 0 Å². The van der Waals surface area contributed by atoms with Crippen molar-refractivity contribution in [2.45, 2.75) is 130 Å². The molecule has 0 radical (unpaired) electrons. The van der Waals surface area contributed by atoms with E-state index < -0.39 is 10.0 Å². The topological polar surface area (TPSA) is 84.5 Å². The van der Waals surface area contributed by atoms with Crippen molar-refractivity contribution in [1.82, 2.24) is 10.3 Å². The minimum Gasteiger partial charge on any atom is -0.462 e. The van der Waals surface area contributed by atoms with Gasteiger partial charge in [-0.1, -0.05) is 83.2 Å². The van der Waals surface area contributed by atoms with E-state index >= 15 is 0 Å². The Labute approximate surface area is 261 Å². The summed E-state index contributed by atoms with van der Waals surface area (Å²) in [5, 5.41) is 0. The predicted octanol–water partition coefficient (Wildman–Crippen LogP) is 7.73. The van der Waals surface area contributed by atoms with Crippen LogP contribution in [0.25, 0.3) is 0 Å². The summed E-state index contributed by atoms with van der Waals surface area (Å²) >= 11 is 0. The molecule has 1 aromatic rings. The Bertz CT molecular complexity index is 1290. The largest absolute Gasteiger partial charge is 0.462 e. The van der Waals surface area contributed by atoms with Crippen molar-refractivity contribution in [3.8, 4) is 0 Å². The Morgan fingerprint density at radius 1 is 1.00 bits per heavy atom. The first kappa shape index (κ1) is 32.7. The number of hydrogen-bond acceptors (Lipinski definition) is 5. The molecule has 0 heterocycles. The smallest absolute Gasteiger partial charge is 0.302 e. The maximum Gasteiger partial charge on any atom is 0.302 e. The summed E-state index contributed by atoms with van der Waals surface area (Å²) in [6.45, 7) is 15.6. The lowest BCUT2D eigenvalue weighted by Gasteiger charge is -2.60. The molecule has 240 valence electrons. The van der Waals surface area contributed by atoms with E-state index in [-0.39, 0.29) is 33.8 Å². The first-order chi connectivity index (χ1) is 20.2. The minimum absolute atomic E-state index is 0.0532. The van der Waals surface area contributed by atoms with Crippen molar-refractivity contribution in [2.75, 3.05) is 0 Å². The number of carbonyl (C=O) groups excluding carboxylic acids is 1. The number of aryl methyl sites for hydroxylation is 1. The standard InChI is InChI=1S/C36H56N2O4S/c1-23(2)9-8-10-25(4)30-15-16-31-34-32(18-20-36(30,31)7)35(6)19-17-28(42-26(5)39)21-27(35)22-33(34)37-38-43(40,41)29-13-11-24(3)12-14-29/h11-14,22-23,25,28,30-34,37-38H,8-10,15-21H2,1-7H3/t25-,28+,30-,31+,32+,33?,34+,35+,36-/m1/s1. The van der Waals surface area contributed by atoms with Crippen LogP contribution in [0.3, 0.4) is 0 Å². The second kappa shape index (κ2) is 12.6. The Hall–Kier alpha value is -1.70. The van der Waals surface area contributed by atoms with Crippen LogP contribution in [-0.4, -0.2) is 26.5 Å². The number of fused-ring (bicyclic) bond motifs is 5. The molecule has 1 unspecified atom stereocenters. The predicted molar refractivity (Wildman–Crippen MR) is 172 cm³/mol. The van der Waals surface area contributed by atoms with Crippen molar-refractivity contribution >= 4 is 16.0 Å². The van der Waals surface area contributed by atoms with E-state index in [1.807, 2.05) is 19.1 Å². The third kappa shape index (κ3) is 6.51. The van der Waals surface area contributed by atoms with Gasteiger partial charge in [0.25, 0.3) is 10.0 Å². The molecule has 43 heavy (non-hydrogen) atoms. The number of carbonyl (C=O) groups is 1. The lowest BCUT2D eigenvalue weighted by atomic mass is 9.46. The van der Waals surface area contributed by atoms with Crippen molar-refractivity contribution in [3.05, 3.63) is 41.5 Å². The van der Waals surface area contributed by atoms with Gasteiger partial charge in [-0.15, -0.1) is 4.83 Å². The van der Waals surface area contributed by atoms with E-state index in [0.717, 1.165) is 30.7 Å². The molecular weight excluding hydrogens is 556 g/mol. The lowest BCUT2D eigenvalue weighted by molar-refractivity contribution is -0.149. The summed E-state index contributed by atoms with van der Waals surface area (Å²) in [5.41, 5.74) is 6.06. The normalized spacial score (nSPS) is 36.3. The summed E-state index contributed by atoms with van der Waals surface area (Å²) in [5.74, 6) is 3.33. The summed E-state index contributed by atoms with van der Waals surface area (Å²) in [6, 6.07) is 6.91. The fourth-order valence-corrected chi connectivity index (χ4v) is 11.0.